The second kappa shape index (κ2) is 13.7. The van der Waals surface area contributed by atoms with E-state index in [0.717, 1.165) is 43.1 Å². The molecule has 3 aromatic heterocycles. The predicted octanol–water partition coefficient (Wildman–Crippen LogP) is 4.94. The number of carbonyl (C=O) groups is 1. The summed E-state index contributed by atoms with van der Waals surface area (Å²) in [6.07, 6.45) is 6.76. The molecular formula is C30H39N9O2. The predicted molar refractivity (Wildman–Crippen MR) is 162 cm³/mol. The van der Waals surface area contributed by atoms with E-state index in [9.17, 15) is 4.79 Å². The highest BCUT2D eigenvalue weighted by Crippen LogP contribution is 2.37. The summed E-state index contributed by atoms with van der Waals surface area (Å²) in [5.74, 6) is 1.64. The molecule has 0 unspecified atom stereocenters. The van der Waals surface area contributed by atoms with Crippen LogP contribution in [0.1, 0.15) is 38.1 Å². The fraction of sp³-hybridized carbons (Fsp3) is 0.367. The van der Waals surface area contributed by atoms with E-state index in [1.165, 1.54) is 6.20 Å². The number of methoxy groups -OCH3 is 1. The van der Waals surface area contributed by atoms with Crippen molar-refractivity contribution in [2.24, 2.45) is 17.6 Å². The Bertz CT molecular complexity index is 1430. The van der Waals surface area contributed by atoms with E-state index in [0.29, 0.717) is 23.3 Å². The summed E-state index contributed by atoms with van der Waals surface area (Å²) < 4.78 is 7.63. The van der Waals surface area contributed by atoms with Gasteiger partial charge in [-0.15, -0.1) is 0 Å². The summed E-state index contributed by atoms with van der Waals surface area (Å²) in [6.45, 7) is 12.7. The van der Waals surface area contributed by atoms with Gasteiger partial charge in [0.25, 0.3) is 5.91 Å². The van der Waals surface area contributed by atoms with Gasteiger partial charge in [0.05, 0.1) is 36.9 Å². The van der Waals surface area contributed by atoms with Crippen LogP contribution in [0.3, 0.4) is 0 Å². The summed E-state index contributed by atoms with van der Waals surface area (Å²) in [6, 6.07) is 11.3. The number of nitrogens with two attached hydrogens (primary N) is 1. The molecule has 1 amide bonds. The molecule has 0 aliphatic heterocycles. The smallest absolute Gasteiger partial charge is 0.254 e. The van der Waals surface area contributed by atoms with E-state index in [1.54, 1.807) is 19.5 Å². The Morgan fingerprint density at radius 2 is 1.80 bits per heavy atom. The van der Waals surface area contributed by atoms with E-state index < -0.39 is 5.91 Å². The molecule has 0 saturated carbocycles. The Labute approximate surface area is 241 Å². The van der Waals surface area contributed by atoms with Crippen LogP contribution in [0.2, 0.25) is 0 Å². The molecule has 4 aromatic rings. The number of ether oxygens (including phenoxy) is 1. The highest BCUT2D eigenvalue weighted by molar-refractivity contribution is 5.98. The van der Waals surface area contributed by atoms with Crippen molar-refractivity contribution in [1.82, 2.24) is 29.6 Å². The maximum Gasteiger partial charge on any atom is 0.254 e. The number of primary amides is 1. The molecule has 0 radical (unpaired) electrons. The van der Waals surface area contributed by atoms with Gasteiger partial charge in [0, 0.05) is 43.8 Å². The highest BCUT2D eigenvalue weighted by atomic mass is 16.5. The van der Waals surface area contributed by atoms with Crippen molar-refractivity contribution in [3.63, 3.8) is 0 Å². The van der Waals surface area contributed by atoms with Crippen LogP contribution >= 0.6 is 0 Å². The van der Waals surface area contributed by atoms with Gasteiger partial charge in [-0.3, -0.25) is 14.5 Å². The average molecular weight is 558 g/mol. The van der Waals surface area contributed by atoms with Crippen molar-refractivity contribution >= 4 is 29.0 Å². The molecule has 1 aromatic carbocycles. The monoisotopic (exact) mass is 557 g/mol. The SMILES string of the molecule is COc1c(Nc2nc(Nc3cnn(CCN(CC(C)C)CC(C)C)c3)ncc2C(N)=O)cccc1-c1ccccn1. The fourth-order valence-corrected chi connectivity index (χ4v) is 4.64. The lowest BCUT2D eigenvalue weighted by Gasteiger charge is -2.25. The highest BCUT2D eigenvalue weighted by Gasteiger charge is 2.17. The number of aromatic nitrogens is 5. The topological polar surface area (TPSA) is 136 Å². The molecular weight excluding hydrogens is 518 g/mol. The molecule has 0 aliphatic rings. The van der Waals surface area contributed by atoms with Crippen LogP contribution in [-0.2, 0) is 6.54 Å². The van der Waals surface area contributed by atoms with Crippen LogP contribution in [-0.4, -0.2) is 62.3 Å². The molecule has 3 heterocycles. The summed E-state index contributed by atoms with van der Waals surface area (Å²) in [5, 5.41) is 10.9. The molecule has 0 spiro atoms. The first kappa shape index (κ1) is 29.5. The Morgan fingerprint density at radius 1 is 1.02 bits per heavy atom. The third-order valence-corrected chi connectivity index (χ3v) is 6.25. The van der Waals surface area contributed by atoms with Gasteiger partial charge < -0.3 is 26.0 Å². The number of carbonyl (C=O) groups excluding carboxylic acids is 1. The zero-order chi connectivity index (χ0) is 29.4. The van der Waals surface area contributed by atoms with E-state index in [1.807, 2.05) is 47.3 Å². The number of hydrogen-bond acceptors (Lipinski definition) is 9. The maximum atomic E-state index is 12.2. The zero-order valence-corrected chi connectivity index (χ0v) is 24.3. The van der Waals surface area contributed by atoms with E-state index in [2.05, 4.69) is 63.3 Å². The second-order valence-corrected chi connectivity index (χ2v) is 10.7. The lowest BCUT2D eigenvalue weighted by molar-refractivity contribution is 0.100. The molecule has 11 nitrogen and oxygen atoms in total. The molecule has 0 saturated heterocycles. The molecule has 11 heteroatoms. The number of benzene rings is 1. The first-order chi connectivity index (χ1) is 19.7. The van der Waals surface area contributed by atoms with Gasteiger partial charge in [0.2, 0.25) is 5.95 Å². The normalized spacial score (nSPS) is 11.3. The molecule has 216 valence electrons. The molecule has 0 fully saturated rings. The second-order valence-electron chi connectivity index (χ2n) is 10.7. The molecule has 41 heavy (non-hydrogen) atoms. The van der Waals surface area contributed by atoms with Gasteiger partial charge in [0.15, 0.2) is 5.75 Å². The molecule has 0 atom stereocenters. The van der Waals surface area contributed by atoms with Crippen molar-refractivity contribution in [1.29, 1.82) is 0 Å². The number of para-hydroxylation sites is 1. The van der Waals surface area contributed by atoms with E-state index in [-0.39, 0.29) is 17.3 Å². The largest absolute Gasteiger partial charge is 0.494 e. The summed E-state index contributed by atoms with van der Waals surface area (Å²) in [5.41, 5.74) is 8.67. The standard InChI is InChI=1S/C30H39N9O2/c1-20(2)17-38(18-21(3)4)13-14-39-19-22(15-34-39)35-30-33-16-24(28(31)40)29(37-30)36-26-11-8-9-23(27(26)41-5)25-10-6-7-12-32-25/h6-12,15-16,19-21H,13-14,17-18H2,1-5H3,(H2,31,40)(H2,33,35,36,37). The van der Waals surface area contributed by atoms with Crippen LogP contribution < -0.4 is 21.1 Å². The Balaban J connectivity index is 1.52. The van der Waals surface area contributed by atoms with Gasteiger partial charge in [-0.2, -0.15) is 10.1 Å². The quantitative estimate of drug-likeness (QED) is 0.197. The minimum Gasteiger partial charge on any atom is -0.494 e. The van der Waals surface area contributed by atoms with Gasteiger partial charge in [0.1, 0.15) is 11.4 Å². The van der Waals surface area contributed by atoms with Gasteiger partial charge in [-0.05, 0) is 36.1 Å². The van der Waals surface area contributed by atoms with Crippen molar-refractivity contribution in [2.45, 2.75) is 34.2 Å². The fourth-order valence-electron chi connectivity index (χ4n) is 4.64. The van der Waals surface area contributed by atoms with Gasteiger partial charge in [-0.25, -0.2) is 4.98 Å². The number of nitrogens with zero attached hydrogens (tertiary/aromatic N) is 6. The summed E-state index contributed by atoms with van der Waals surface area (Å²) >= 11 is 0. The van der Waals surface area contributed by atoms with Crippen LogP contribution in [0.25, 0.3) is 11.3 Å². The number of amides is 1. The van der Waals surface area contributed by atoms with Crippen LogP contribution in [0.5, 0.6) is 5.75 Å². The lowest BCUT2D eigenvalue weighted by Crippen LogP contribution is -2.34. The van der Waals surface area contributed by atoms with Gasteiger partial charge >= 0.3 is 0 Å². The number of rotatable bonds is 14. The third kappa shape index (κ3) is 8.01. The molecule has 0 bridgehead atoms. The molecule has 4 N–H and O–H groups in total. The minimum atomic E-state index is -0.654. The minimum absolute atomic E-state index is 0.145. The number of pyridine rings is 1. The summed E-state index contributed by atoms with van der Waals surface area (Å²) in [4.78, 5) is 28.0. The zero-order valence-electron chi connectivity index (χ0n) is 24.3. The van der Waals surface area contributed by atoms with Crippen molar-refractivity contribution in [3.8, 4) is 17.0 Å². The van der Waals surface area contributed by atoms with E-state index in [4.69, 9.17) is 10.5 Å². The Kier molecular flexibility index (Phi) is 9.86. The van der Waals surface area contributed by atoms with Gasteiger partial charge in [-0.1, -0.05) is 39.8 Å². The average Bonchev–Trinajstić information content (AvgIpc) is 3.38. The third-order valence-electron chi connectivity index (χ3n) is 6.25. The first-order valence-corrected chi connectivity index (χ1v) is 13.8. The van der Waals surface area contributed by atoms with E-state index >= 15 is 0 Å². The Morgan fingerprint density at radius 3 is 2.46 bits per heavy atom. The van der Waals surface area contributed by atoms with Crippen LogP contribution in [0.15, 0.2) is 61.2 Å². The van der Waals surface area contributed by atoms with Crippen LogP contribution in [0.4, 0.5) is 23.1 Å². The molecule has 0 aliphatic carbocycles. The Hall–Kier alpha value is -4.51. The van der Waals surface area contributed by atoms with Crippen molar-refractivity contribution in [3.05, 3.63) is 66.7 Å². The lowest BCUT2D eigenvalue weighted by atomic mass is 10.1. The van der Waals surface area contributed by atoms with Crippen LogP contribution in [0, 0.1) is 11.8 Å². The summed E-state index contributed by atoms with van der Waals surface area (Å²) in [7, 11) is 1.58. The maximum absolute atomic E-state index is 12.2. The molecule has 4 rings (SSSR count). The number of anilines is 4. The number of hydrogen-bond donors (Lipinski definition) is 3. The number of nitrogens with one attached hydrogen (secondary N) is 2. The van der Waals surface area contributed by atoms with Crippen molar-refractivity contribution < 1.29 is 9.53 Å². The van der Waals surface area contributed by atoms with Crippen molar-refractivity contribution in [2.75, 3.05) is 37.4 Å². The first-order valence-electron chi connectivity index (χ1n) is 13.8.